The van der Waals surface area contributed by atoms with Gasteiger partial charge in [-0.1, -0.05) is 0 Å². The summed E-state index contributed by atoms with van der Waals surface area (Å²) in [6, 6.07) is 1.37. The minimum absolute atomic E-state index is 0.493. The van der Waals surface area contributed by atoms with E-state index in [-0.39, 0.29) is 0 Å². The molecule has 0 aromatic rings. The Kier molecular flexibility index (Phi) is 3.79. The fourth-order valence-electron chi connectivity index (χ4n) is 2.50. The molecular weight excluding hydrogens is 178 g/mol. The molecule has 0 radical (unpaired) electrons. The Balaban J connectivity index is 1.69. The molecule has 1 N–H and O–H groups in total. The summed E-state index contributed by atoms with van der Waals surface area (Å²) in [5.41, 5.74) is 0. The number of nitrogens with one attached hydrogen (secondary N) is 1. The molecule has 82 valence electrons. The summed E-state index contributed by atoms with van der Waals surface area (Å²) in [5, 5.41) is 3.72. The first-order valence-electron chi connectivity index (χ1n) is 5.75. The lowest BCUT2D eigenvalue weighted by molar-refractivity contribution is 0.0729. The Morgan fingerprint density at radius 3 is 2.50 bits per heavy atom. The normalized spacial score (nSPS) is 34.9. The van der Waals surface area contributed by atoms with Crippen LogP contribution in [0.1, 0.15) is 32.1 Å². The quantitative estimate of drug-likeness (QED) is 0.743. The zero-order valence-corrected chi connectivity index (χ0v) is 9.00. The molecule has 14 heavy (non-hydrogen) atoms. The van der Waals surface area contributed by atoms with Crippen LogP contribution in [-0.2, 0) is 9.47 Å². The van der Waals surface area contributed by atoms with Crippen molar-refractivity contribution in [3.8, 4) is 0 Å². The lowest BCUT2D eigenvalue weighted by Gasteiger charge is -2.26. The van der Waals surface area contributed by atoms with Gasteiger partial charge in [-0.2, -0.15) is 0 Å². The van der Waals surface area contributed by atoms with E-state index in [1.54, 1.807) is 0 Å². The van der Waals surface area contributed by atoms with Gasteiger partial charge in [0.2, 0.25) is 0 Å². The fraction of sp³-hybridized carbons (Fsp3) is 1.00. The van der Waals surface area contributed by atoms with Crippen LogP contribution in [0, 0.1) is 0 Å². The second-order valence-electron chi connectivity index (χ2n) is 4.42. The number of methoxy groups -OCH3 is 1. The Morgan fingerprint density at radius 2 is 1.86 bits per heavy atom. The Hall–Kier alpha value is -0.120. The van der Waals surface area contributed by atoms with Crippen LogP contribution in [-0.4, -0.2) is 38.5 Å². The third kappa shape index (κ3) is 2.69. The average molecular weight is 199 g/mol. The largest absolute Gasteiger partial charge is 0.381 e. The smallest absolute Gasteiger partial charge is 0.0586 e. The standard InChI is InChI=1S/C11H21NO2/c1-13-11-3-2-10(8-11)12-9-4-6-14-7-5-9/h9-12H,2-8H2,1H3. The van der Waals surface area contributed by atoms with Crippen molar-refractivity contribution >= 4 is 0 Å². The SMILES string of the molecule is COC1CCC(NC2CCOCC2)C1. The Bertz CT molecular complexity index is 169. The van der Waals surface area contributed by atoms with Crippen molar-refractivity contribution in [3.05, 3.63) is 0 Å². The molecule has 0 aromatic carbocycles. The third-order valence-electron chi connectivity index (χ3n) is 3.41. The minimum atomic E-state index is 0.493. The molecule has 3 heteroatoms. The summed E-state index contributed by atoms with van der Waals surface area (Å²) in [6.45, 7) is 1.86. The molecule has 3 nitrogen and oxygen atoms in total. The van der Waals surface area contributed by atoms with Crippen molar-refractivity contribution < 1.29 is 9.47 Å². The molecule has 0 bridgehead atoms. The zero-order chi connectivity index (χ0) is 9.80. The number of hydrogen-bond acceptors (Lipinski definition) is 3. The molecule has 1 saturated heterocycles. The van der Waals surface area contributed by atoms with E-state index in [1.807, 2.05) is 7.11 Å². The Labute approximate surface area is 86.2 Å². The van der Waals surface area contributed by atoms with Crippen LogP contribution in [0.25, 0.3) is 0 Å². The molecule has 2 aliphatic rings. The van der Waals surface area contributed by atoms with Gasteiger partial charge in [0.1, 0.15) is 0 Å². The van der Waals surface area contributed by atoms with Crippen molar-refractivity contribution in [1.29, 1.82) is 0 Å². The van der Waals surface area contributed by atoms with E-state index in [2.05, 4.69) is 5.32 Å². The van der Waals surface area contributed by atoms with Gasteiger partial charge in [-0.05, 0) is 32.1 Å². The molecule has 2 fully saturated rings. The lowest BCUT2D eigenvalue weighted by atomic mass is 10.1. The van der Waals surface area contributed by atoms with Gasteiger partial charge in [0.05, 0.1) is 6.10 Å². The second-order valence-corrected chi connectivity index (χ2v) is 4.42. The molecule has 0 amide bonds. The monoisotopic (exact) mass is 199 g/mol. The molecule has 1 saturated carbocycles. The summed E-state index contributed by atoms with van der Waals surface area (Å²) in [4.78, 5) is 0. The maximum atomic E-state index is 5.37. The highest BCUT2D eigenvalue weighted by molar-refractivity contribution is 4.84. The minimum Gasteiger partial charge on any atom is -0.381 e. The van der Waals surface area contributed by atoms with E-state index in [1.165, 1.54) is 32.1 Å². The van der Waals surface area contributed by atoms with E-state index in [0.717, 1.165) is 13.2 Å². The highest BCUT2D eigenvalue weighted by Gasteiger charge is 2.26. The van der Waals surface area contributed by atoms with Crippen LogP contribution < -0.4 is 5.32 Å². The van der Waals surface area contributed by atoms with Gasteiger partial charge in [0.15, 0.2) is 0 Å². The maximum absolute atomic E-state index is 5.37. The van der Waals surface area contributed by atoms with Crippen LogP contribution in [0.4, 0.5) is 0 Å². The van der Waals surface area contributed by atoms with E-state index < -0.39 is 0 Å². The molecule has 2 unspecified atom stereocenters. The first-order chi connectivity index (χ1) is 6.88. The van der Waals surface area contributed by atoms with Gasteiger partial charge in [0.25, 0.3) is 0 Å². The van der Waals surface area contributed by atoms with Gasteiger partial charge in [0, 0.05) is 32.4 Å². The van der Waals surface area contributed by atoms with E-state index in [9.17, 15) is 0 Å². The van der Waals surface area contributed by atoms with Crippen LogP contribution in [0.2, 0.25) is 0 Å². The average Bonchev–Trinajstić information content (AvgIpc) is 2.67. The topological polar surface area (TPSA) is 30.5 Å². The predicted octanol–water partition coefficient (Wildman–Crippen LogP) is 1.32. The van der Waals surface area contributed by atoms with Crippen LogP contribution >= 0.6 is 0 Å². The number of hydrogen-bond donors (Lipinski definition) is 1. The highest BCUT2D eigenvalue weighted by Crippen LogP contribution is 2.22. The van der Waals surface area contributed by atoms with E-state index in [4.69, 9.17) is 9.47 Å². The first kappa shape index (κ1) is 10.4. The molecule has 0 spiro atoms. The van der Waals surface area contributed by atoms with Crippen molar-refractivity contribution in [2.24, 2.45) is 0 Å². The molecule has 1 aliphatic heterocycles. The molecule has 2 rings (SSSR count). The number of rotatable bonds is 3. The summed E-state index contributed by atoms with van der Waals surface area (Å²) >= 11 is 0. The Morgan fingerprint density at radius 1 is 1.07 bits per heavy atom. The zero-order valence-electron chi connectivity index (χ0n) is 9.00. The van der Waals surface area contributed by atoms with Gasteiger partial charge in [-0.3, -0.25) is 0 Å². The molecule has 0 aromatic heterocycles. The van der Waals surface area contributed by atoms with Crippen molar-refractivity contribution in [2.75, 3.05) is 20.3 Å². The predicted molar refractivity (Wildman–Crippen MR) is 55.4 cm³/mol. The third-order valence-corrected chi connectivity index (χ3v) is 3.41. The van der Waals surface area contributed by atoms with Crippen molar-refractivity contribution in [1.82, 2.24) is 5.32 Å². The summed E-state index contributed by atoms with van der Waals surface area (Å²) < 4.78 is 10.7. The van der Waals surface area contributed by atoms with Crippen LogP contribution in [0.15, 0.2) is 0 Å². The van der Waals surface area contributed by atoms with Gasteiger partial charge < -0.3 is 14.8 Å². The van der Waals surface area contributed by atoms with Gasteiger partial charge in [-0.25, -0.2) is 0 Å². The summed E-state index contributed by atoms with van der Waals surface area (Å²) in [5.74, 6) is 0. The fourth-order valence-corrected chi connectivity index (χ4v) is 2.50. The summed E-state index contributed by atoms with van der Waals surface area (Å²) in [7, 11) is 1.82. The lowest BCUT2D eigenvalue weighted by Crippen LogP contribution is -2.40. The van der Waals surface area contributed by atoms with Crippen LogP contribution in [0.5, 0.6) is 0 Å². The van der Waals surface area contributed by atoms with Gasteiger partial charge >= 0.3 is 0 Å². The molecular formula is C11H21NO2. The van der Waals surface area contributed by atoms with Crippen LogP contribution in [0.3, 0.4) is 0 Å². The first-order valence-corrected chi connectivity index (χ1v) is 5.75. The second kappa shape index (κ2) is 5.10. The maximum Gasteiger partial charge on any atom is 0.0586 e. The highest BCUT2D eigenvalue weighted by atomic mass is 16.5. The number of ether oxygens (including phenoxy) is 2. The van der Waals surface area contributed by atoms with Crippen molar-refractivity contribution in [2.45, 2.75) is 50.3 Å². The van der Waals surface area contributed by atoms with Gasteiger partial charge in [-0.15, -0.1) is 0 Å². The van der Waals surface area contributed by atoms with E-state index >= 15 is 0 Å². The van der Waals surface area contributed by atoms with Crippen molar-refractivity contribution in [3.63, 3.8) is 0 Å². The molecule has 2 atom stereocenters. The van der Waals surface area contributed by atoms with E-state index in [0.29, 0.717) is 18.2 Å². The molecule has 1 aliphatic carbocycles. The summed E-state index contributed by atoms with van der Waals surface area (Å²) in [6.07, 6.45) is 6.52. The molecule has 1 heterocycles.